The smallest absolute Gasteiger partial charge is 0.267 e. The fourth-order valence-corrected chi connectivity index (χ4v) is 3.54. The van der Waals surface area contributed by atoms with Gasteiger partial charge in [-0.15, -0.1) is 0 Å². The van der Waals surface area contributed by atoms with E-state index in [0.717, 1.165) is 0 Å². The highest BCUT2D eigenvalue weighted by atomic mass is 35.5. The van der Waals surface area contributed by atoms with Crippen molar-refractivity contribution in [3.05, 3.63) is 47.5 Å². The van der Waals surface area contributed by atoms with Crippen LogP contribution in [0.5, 0.6) is 11.5 Å². The highest BCUT2D eigenvalue weighted by Gasteiger charge is 2.25. The summed E-state index contributed by atoms with van der Waals surface area (Å²) in [5.41, 5.74) is 0.503. The summed E-state index contributed by atoms with van der Waals surface area (Å²) in [6, 6.07) is 11.2. The molecule has 0 bridgehead atoms. The average molecular weight is 342 g/mol. The number of ether oxygens (including phenoxy) is 2. The van der Waals surface area contributed by atoms with Crippen LogP contribution >= 0.6 is 11.6 Å². The van der Waals surface area contributed by atoms with Gasteiger partial charge >= 0.3 is 0 Å². The number of rotatable bonds is 5. The first kappa shape index (κ1) is 16.5. The molecule has 0 aliphatic carbocycles. The molecule has 2 aromatic carbocycles. The Hall–Kier alpha value is -1.92. The van der Waals surface area contributed by atoms with Gasteiger partial charge in [-0.1, -0.05) is 11.6 Å². The van der Waals surface area contributed by atoms with E-state index in [4.69, 9.17) is 21.1 Å². The number of benzene rings is 2. The Labute approximate surface area is 135 Å². The summed E-state index contributed by atoms with van der Waals surface area (Å²) in [4.78, 5) is 0.0146. The van der Waals surface area contributed by atoms with Crippen molar-refractivity contribution in [3.63, 3.8) is 0 Å². The highest BCUT2D eigenvalue weighted by molar-refractivity contribution is 7.93. The van der Waals surface area contributed by atoms with E-state index in [2.05, 4.69) is 0 Å². The van der Waals surface area contributed by atoms with Crippen LogP contribution in [0.4, 0.5) is 5.69 Å². The van der Waals surface area contributed by atoms with Crippen LogP contribution in [0.3, 0.4) is 0 Å². The van der Waals surface area contributed by atoms with Gasteiger partial charge in [0.25, 0.3) is 10.0 Å². The minimum atomic E-state index is -3.79. The van der Waals surface area contributed by atoms with Crippen LogP contribution < -0.4 is 13.8 Å². The maximum Gasteiger partial charge on any atom is 0.267 e. The van der Waals surface area contributed by atoms with Crippen LogP contribution in [0.2, 0.25) is 5.02 Å². The van der Waals surface area contributed by atoms with Crippen LogP contribution in [0.15, 0.2) is 47.4 Å². The first-order chi connectivity index (χ1) is 10.4. The van der Waals surface area contributed by atoms with Gasteiger partial charge in [0.1, 0.15) is 16.4 Å². The zero-order chi connectivity index (χ0) is 16.3. The summed E-state index contributed by atoms with van der Waals surface area (Å²) >= 11 is 5.92. The fourth-order valence-electron chi connectivity index (χ4n) is 1.93. The van der Waals surface area contributed by atoms with Crippen LogP contribution in [0.25, 0.3) is 0 Å². The topological polar surface area (TPSA) is 55.8 Å². The molecule has 0 aliphatic heterocycles. The van der Waals surface area contributed by atoms with Gasteiger partial charge < -0.3 is 9.47 Å². The van der Waals surface area contributed by atoms with E-state index in [1.54, 1.807) is 37.4 Å². The lowest BCUT2D eigenvalue weighted by Gasteiger charge is -2.21. The van der Waals surface area contributed by atoms with Crippen LogP contribution in [-0.4, -0.2) is 29.7 Å². The van der Waals surface area contributed by atoms with E-state index >= 15 is 0 Å². The van der Waals surface area contributed by atoms with Crippen molar-refractivity contribution in [2.45, 2.75) is 4.90 Å². The molecule has 0 heterocycles. The SMILES string of the molecule is COc1ccc(N(C)S(=O)(=O)c2cc(Cl)ccc2OC)cc1. The van der Waals surface area contributed by atoms with Gasteiger partial charge in [-0.25, -0.2) is 8.42 Å². The summed E-state index contributed by atoms with van der Waals surface area (Å²) < 4.78 is 36.9. The van der Waals surface area contributed by atoms with E-state index in [0.29, 0.717) is 16.5 Å². The van der Waals surface area contributed by atoms with Crippen molar-refractivity contribution in [2.75, 3.05) is 25.6 Å². The van der Waals surface area contributed by atoms with Crippen molar-refractivity contribution >= 4 is 27.3 Å². The van der Waals surface area contributed by atoms with Gasteiger partial charge in [-0.05, 0) is 42.5 Å². The third-order valence-electron chi connectivity index (χ3n) is 3.20. The van der Waals surface area contributed by atoms with Crippen molar-refractivity contribution in [1.29, 1.82) is 0 Å². The Balaban J connectivity index is 2.46. The number of anilines is 1. The molecule has 0 aromatic heterocycles. The van der Waals surface area contributed by atoms with Crippen LogP contribution in [0.1, 0.15) is 0 Å². The maximum absolute atomic E-state index is 12.8. The molecular formula is C15H16ClNO4S. The molecule has 0 unspecified atom stereocenters. The normalized spacial score (nSPS) is 11.1. The Morgan fingerprint density at radius 2 is 1.64 bits per heavy atom. The van der Waals surface area contributed by atoms with Crippen molar-refractivity contribution in [3.8, 4) is 11.5 Å². The number of methoxy groups -OCH3 is 2. The molecule has 0 spiro atoms. The second-order valence-corrected chi connectivity index (χ2v) is 6.84. The fraction of sp³-hybridized carbons (Fsp3) is 0.200. The van der Waals surface area contributed by atoms with E-state index in [-0.39, 0.29) is 10.6 Å². The Bertz CT molecular complexity index is 760. The molecule has 22 heavy (non-hydrogen) atoms. The van der Waals surface area contributed by atoms with Crippen LogP contribution in [0, 0.1) is 0 Å². The Morgan fingerprint density at radius 3 is 2.18 bits per heavy atom. The molecule has 0 atom stereocenters. The second-order valence-electron chi connectivity index (χ2n) is 4.47. The summed E-state index contributed by atoms with van der Waals surface area (Å²) in [6.45, 7) is 0. The predicted octanol–water partition coefficient (Wildman–Crippen LogP) is 3.18. The lowest BCUT2D eigenvalue weighted by molar-refractivity contribution is 0.402. The number of hydrogen-bond acceptors (Lipinski definition) is 4. The number of halogens is 1. The molecule has 0 radical (unpaired) electrons. The van der Waals surface area contributed by atoms with Gasteiger partial charge in [0.2, 0.25) is 0 Å². The van der Waals surface area contributed by atoms with Gasteiger partial charge in [0.15, 0.2) is 0 Å². The highest BCUT2D eigenvalue weighted by Crippen LogP contribution is 2.31. The van der Waals surface area contributed by atoms with E-state index in [1.807, 2.05) is 0 Å². The minimum absolute atomic E-state index is 0.0146. The zero-order valence-corrected chi connectivity index (χ0v) is 14.0. The molecular weight excluding hydrogens is 326 g/mol. The van der Waals surface area contributed by atoms with E-state index in [9.17, 15) is 8.42 Å². The molecule has 2 aromatic rings. The van der Waals surface area contributed by atoms with Gasteiger partial charge in [0.05, 0.1) is 19.9 Å². The largest absolute Gasteiger partial charge is 0.497 e. The molecule has 0 amide bonds. The quantitative estimate of drug-likeness (QED) is 0.838. The van der Waals surface area contributed by atoms with Gasteiger partial charge in [-0.3, -0.25) is 4.31 Å². The molecule has 0 N–H and O–H groups in total. The Morgan fingerprint density at radius 1 is 1.00 bits per heavy atom. The summed E-state index contributed by atoms with van der Waals surface area (Å²) in [5, 5.41) is 0.322. The summed E-state index contributed by atoms with van der Waals surface area (Å²) in [6.07, 6.45) is 0. The monoisotopic (exact) mass is 341 g/mol. The Kier molecular flexibility index (Phi) is 4.83. The molecule has 0 aliphatic rings. The predicted molar refractivity (Wildman–Crippen MR) is 86.6 cm³/mol. The second kappa shape index (κ2) is 6.46. The third kappa shape index (κ3) is 3.13. The molecule has 2 rings (SSSR count). The van der Waals surface area contributed by atoms with E-state index < -0.39 is 10.0 Å². The van der Waals surface area contributed by atoms with Crippen molar-refractivity contribution < 1.29 is 17.9 Å². The van der Waals surface area contributed by atoms with Crippen molar-refractivity contribution in [2.24, 2.45) is 0 Å². The minimum Gasteiger partial charge on any atom is -0.497 e. The van der Waals surface area contributed by atoms with E-state index in [1.165, 1.54) is 30.6 Å². The molecule has 5 nitrogen and oxygen atoms in total. The van der Waals surface area contributed by atoms with Crippen LogP contribution in [-0.2, 0) is 10.0 Å². The van der Waals surface area contributed by atoms with Gasteiger partial charge in [0, 0.05) is 12.1 Å². The molecule has 7 heteroatoms. The number of hydrogen-bond donors (Lipinski definition) is 0. The maximum atomic E-state index is 12.8. The zero-order valence-electron chi connectivity index (χ0n) is 12.4. The molecule has 0 saturated carbocycles. The summed E-state index contributed by atoms with van der Waals surface area (Å²) in [7, 11) is 0.636. The third-order valence-corrected chi connectivity index (χ3v) is 5.24. The van der Waals surface area contributed by atoms with Crippen molar-refractivity contribution in [1.82, 2.24) is 0 Å². The number of sulfonamides is 1. The first-order valence-electron chi connectivity index (χ1n) is 6.36. The summed E-state index contributed by atoms with van der Waals surface area (Å²) in [5.74, 6) is 0.889. The average Bonchev–Trinajstić information content (AvgIpc) is 2.54. The number of nitrogens with zero attached hydrogens (tertiary/aromatic N) is 1. The molecule has 0 fully saturated rings. The van der Waals surface area contributed by atoms with Gasteiger partial charge in [-0.2, -0.15) is 0 Å². The lowest BCUT2D eigenvalue weighted by Crippen LogP contribution is -2.26. The lowest BCUT2D eigenvalue weighted by atomic mass is 10.3. The first-order valence-corrected chi connectivity index (χ1v) is 8.18. The molecule has 118 valence electrons. The molecule has 0 saturated heterocycles. The standard InChI is InChI=1S/C15H16ClNO4S/c1-17(12-5-7-13(20-2)8-6-12)22(18,19)15-10-11(16)4-9-14(15)21-3/h4-10H,1-3H3.